The molecule has 0 saturated carbocycles. The average Bonchev–Trinajstić information content (AvgIpc) is 3.67. The van der Waals surface area contributed by atoms with E-state index in [0.29, 0.717) is 50.8 Å². The second kappa shape index (κ2) is 11.4. The van der Waals surface area contributed by atoms with Crippen molar-refractivity contribution in [3.05, 3.63) is 58.0 Å². The molecule has 0 radical (unpaired) electrons. The van der Waals surface area contributed by atoms with Crippen LogP contribution in [0.3, 0.4) is 0 Å². The predicted octanol–water partition coefficient (Wildman–Crippen LogP) is 3.67. The summed E-state index contributed by atoms with van der Waals surface area (Å²) < 4.78 is 23.1. The van der Waals surface area contributed by atoms with Gasteiger partial charge >= 0.3 is 6.01 Å². The number of hydrogen-bond acceptors (Lipinski definition) is 9. The number of fused-ring (bicyclic) bond motifs is 5. The lowest BCUT2D eigenvalue weighted by Crippen LogP contribution is -2.51. The molecule has 1 aliphatic carbocycles. The van der Waals surface area contributed by atoms with E-state index >= 15 is 0 Å². The van der Waals surface area contributed by atoms with Crippen LogP contribution in [0.5, 0.6) is 11.8 Å². The minimum absolute atomic E-state index is 0.110. The van der Waals surface area contributed by atoms with Crippen molar-refractivity contribution in [3.8, 4) is 11.8 Å². The molecule has 1 N–H and O–H groups in total. The maximum absolute atomic E-state index is 14.6. The lowest BCUT2D eigenvalue weighted by atomic mass is 9.70. The fourth-order valence-electron chi connectivity index (χ4n) is 9.06. The molecule has 1 amide bonds. The Kier molecular flexibility index (Phi) is 7.43. The third-order valence-electron chi connectivity index (χ3n) is 11.4. The van der Waals surface area contributed by atoms with Gasteiger partial charge in [0.2, 0.25) is 0 Å². The molecular weight excluding hydrogens is 599 g/mol. The number of benzene rings is 1. The van der Waals surface area contributed by atoms with E-state index in [9.17, 15) is 14.3 Å². The Morgan fingerprint density at radius 2 is 1.98 bits per heavy atom. The van der Waals surface area contributed by atoms with E-state index in [1.165, 1.54) is 11.1 Å². The van der Waals surface area contributed by atoms with Gasteiger partial charge in [0.15, 0.2) is 5.69 Å². The molecule has 2 aromatic heterocycles. The van der Waals surface area contributed by atoms with Crippen LogP contribution in [0.25, 0.3) is 0 Å². The standard InChI is InChI=1S/C35H45FN8O3/c1-40(2)32(46)29-15-25-20-42(12-6-14-44(25)39-29)31-27-21-41(3)35(11-4-7-23-8-9-26(45)16-28(23)35)18-30(27)37-33(38-31)47-22-34-10-5-13-43(34)19-24(36)17-34/h8-9,15-16,24,45H,4-7,10-14,17-22H2,1-3H3/t24-,34+,35+/m1/s1. The van der Waals surface area contributed by atoms with Gasteiger partial charge in [0, 0.05) is 58.7 Å². The molecule has 0 bridgehead atoms. The first-order chi connectivity index (χ1) is 22.6. The van der Waals surface area contributed by atoms with Crippen LogP contribution in [0, 0.1) is 0 Å². The van der Waals surface area contributed by atoms with E-state index in [0.717, 1.165) is 80.9 Å². The number of alkyl halides is 1. The summed E-state index contributed by atoms with van der Waals surface area (Å²) in [5.74, 6) is 1.03. The van der Waals surface area contributed by atoms with E-state index < -0.39 is 6.17 Å². The van der Waals surface area contributed by atoms with E-state index in [2.05, 4.69) is 32.9 Å². The molecule has 5 aliphatic rings. The van der Waals surface area contributed by atoms with Gasteiger partial charge in [-0.2, -0.15) is 15.1 Å². The van der Waals surface area contributed by atoms with Crippen molar-refractivity contribution in [3.63, 3.8) is 0 Å². The number of phenols is 1. The first-order valence-corrected chi connectivity index (χ1v) is 17.1. The van der Waals surface area contributed by atoms with Crippen LogP contribution in [0.1, 0.15) is 77.1 Å². The number of likely N-dealkylation sites (N-methyl/N-ethyl adjacent to an activating group) is 1. The zero-order valence-electron chi connectivity index (χ0n) is 27.7. The van der Waals surface area contributed by atoms with E-state index in [1.54, 1.807) is 25.1 Å². The van der Waals surface area contributed by atoms with Gasteiger partial charge in [-0.3, -0.25) is 19.3 Å². The van der Waals surface area contributed by atoms with Crippen LogP contribution in [0.15, 0.2) is 24.3 Å². The van der Waals surface area contributed by atoms with Crippen LogP contribution in [0.2, 0.25) is 0 Å². The maximum Gasteiger partial charge on any atom is 0.318 e. The highest BCUT2D eigenvalue weighted by molar-refractivity contribution is 5.92. The van der Waals surface area contributed by atoms with E-state index in [4.69, 9.17) is 14.7 Å². The number of anilines is 1. The van der Waals surface area contributed by atoms with E-state index in [1.807, 2.05) is 16.8 Å². The fourth-order valence-corrected chi connectivity index (χ4v) is 9.06. The number of carbonyl (C=O) groups is 1. The molecule has 3 atom stereocenters. The lowest BCUT2D eigenvalue weighted by Gasteiger charge is -2.49. The fraction of sp³-hybridized carbons (Fsp3) is 0.600. The monoisotopic (exact) mass is 644 g/mol. The van der Waals surface area contributed by atoms with Gasteiger partial charge in [-0.25, -0.2) is 4.39 Å². The number of aromatic nitrogens is 4. The number of amides is 1. The number of aromatic hydroxyl groups is 1. The lowest BCUT2D eigenvalue weighted by molar-refractivity contribution is 0.0711. The zero-order chi connectivity index (χ0) is 32.5. The van der Waals surface area contributed by atoms with Crippen molar-refractivity contribution >= 4 is 11.7 Å². The Labute approximate surface area is 275 Å². The first kappa shape index (κ1) is 30.6. The summed E-state index contributed by atoms with van der Waals surface area (Å²) >= 11 is 0. The van der Waals surface area contributed by atoms with Gasteiger partial charge in [0.25, 0.3) is 5.91 Å². The highest BCUT2D eigenvalue weighted by Crippen LogP contribution is 2.48. The third-order valence-corrected chi connectivity index (χ3v) is 11.4. The average molecular weight is 645 g/mol. The van der Waals surface area contributed by atoms with Crippen molar-refractivity contribution in [2.24, 2.45) is 0 Å². The van der Waals surface area contributed by atoms with Gasteiger partial charge in [-0.1, -0.05) is 6.07 Å². The van der Waals surface area contributed by atoms with Crippen LogP contribution in [-0.4, -0.2) is 105 Å². The predicted molar refractivity (Wildman–Crippen MR) is 174 cm³/mol. The Morgan fingerprint density at radius 3 is 2.83 bits per heavy atom. The molecule has 1 spiro atoms. The minimum atomic E-state index is -0.830. The quantitative estimate of drug-likeness (QED) is 0.446. The Balaban J connectivity index is 1.18. The molecule has 0 unspecified atom stereocenters. The first-order valence-electron chi connectivity index (χ1n) is 17.1. The number of rotatable bonds is 5. The highest BCUT2D eigenvalue weighted by atomic mass is 19.1. The minimum Gasteiger partial charge on any atom is -0.508 e. The molecule has 6 heterocycles. The summed E-state index contributed by atoms with van der Waals surface area (Å²) in [6.45, 7) is 4.45. The Bertz CT molecular complexity index is 1710. The van der Waals surface area contributed by atoms with Crippen molar-refractivity contribution < 1.29 is 19.0 Å². The second-order valence-corrected chi connectivity index (χ2v) is 14.6. The summed E-state index contributed by atoms with van der Waals surface area (Å²) in [5, 5.41) is 15.2. The van der Waals surface area contributed by atoms with Crippen LogP contribution >= 0.6 is 0 Å². The number of hydrogen-bond donors (Lipinski definition) is 1. The van der Waals surface area contributed by atoms with Crippen molar-refractivity contribution in [2.75, 3.05) is 52.3 Å². The van der Waals surface area contributed by atoms with Gasteiger partial charge in [0.05, 0.1) is 29.0 Å². The van der Waals surface area contributed by atoms with Gasteiger partial charge < -0.3 is 19.6 Å². The van der Waals surface area contributed by atoms with Crippen LogP contribution in [0.4, 0.5) is 10.2 Å². The van der Waals surface area contributed by atoms with Gasteiger partial charge in [0.1, 0.15) is 24.3 Å². The molecule has 11 nitrogen and oxygen atoms in total. The van der Waals surface area contributed by atoms with Crippen molar-refractivity contribution in [1.29, 1.82) is 0 Å². The Hall–Kier alpha value is -3.77. The maximum atomic E-state index is 14.6. The van der Waals surface area contributed by atoms with Gasteiger partial charge in [-0.05, 0) is 81.4 Å². The molecule has 250 valence electrons. The highest BCUT2D eigenvalue weighted by Gasteiger charge is 2.50. The molecule has 2 fully saturated rings. The zero-order valence-corrected chi connectivity index (χ0v) is 27.7. The van der Waals surface area contributed by atoms with Gasteiger partial charge in [-0.15, -0.1) is 0 Å². The number of carbonyl (C=O) groups excluding carboxylic acids is 1. The summed E-state index contributed by atoms with van der Waals surface area (Å²) in [7, 11) is 5.66. The molecular formula is C35H45FN8O3. The van der Waals surface area contributed by atoms with Crippen molar-refractivity contribution in [2.45, 2.75) is 88.3 Å². The third kappa shape index (κ3) is 5.15. The van der Waals surface area contributed by atoms with Crippen LogP contribution in [-0.2, 0) is 38.0 Å². The Morgan fingerprint density at radius 1 is 1.11 bits per heavy atom. The molecule has 3 aromatic rings. The normalized spacial score (nSPS) is 27.2. The second-order valence-electron chi connectivity index (χ2n) is 14.6. The summed E-state index contributed by atoms with van der Waals surface area (Å²) in [6, 6.07) is 8.05. The topological polar surface area (TPSA) is 103 Å². The summed E-state index contributed by atoms with van der Waals surface area (Å²) in [4.78, 5) is 31.5. The molecule has 1 aromatic carbocycles. The molecule has 4 aliphatic heterocycles. The number of phenolic OH excluding ortho intramolecular Hbond substituents is 1. The van der Waals surface area contributed by atoms with Crippen molar-refractivity contribution in [1.82, 2.24) is 34.4 Å². The number of nitrogens with zero attached hydrogens (tertiary/aromatic N) is 8. The van der Waals surface area contributed by atoms with E-state index in [-0.39, 0.29) is 22.7 Å². The number of ether oxygens (including phenoxy) is 1. The molecule has 2 saturated heterocycles. The number of halogens is 1. The summed E-state index contributed by atoms with van der Waals surface area (Å²) in [6.07, 6.45) is 6.18. The summed E-state index contributed by atoms with van der Waals surface area (Å²) in [5.41, 5.74) is 5.33. The number of aryl methyl sites for hydroxylation is 2. The largest absolute Gasteiger partial charge is 0.508 e. The molecule has 47 heavy (non-hydrogen) atoms. The molecule has 8 rings (SSSR count). The SMILES string of the molecule is CN(C)C(=O)c1cc2n(n1)CCCN(c1nc(OC[C@@]34CCCN3C[C@H](F)C4)nc3c1CN(C)[C@@]1(CCCc4ccc(O)cc41)C3)C2. The smallest absolute Gasteiger partial charge is 0.318 e. The van der Waals surface area contributed by atoms with Crippen LogP contribution < -0.4 is 9.64 Å². The molecule has 12 heteroatoms.